The maximum atomic E-state index is 5.36. The van der Waals surface area contributed by atoms with Crippen molar-refractivity contribution in [1.82, 2.24) is 4.98 Å². The van der Waals surface area contributed by atoms with Gasteiger partial charge in [-0.2, -0.15) is 0 Å². The standard InChI is InChI=1S/C32H49N/c1-17-18(2)22(6)26-25(21(17)5)29(9,10)31(13,14)28(32(15,16)30(26,11)12)27-23(7)19(3)20(4)24(8)33-27/h28H,1-16H3. The Morgan fingerprint density at radius 2 is 0.788 bits per heavy atom. The van der Waals surface area contributed by atoms with Gasteiger partial charge in [-0.05, 0) is 127 Å². The highest BCUT2D eigenvalue weighted by Gasteiger charge is 2.61. The molecule has 0 saturated carbocycles. The van der Waals surface area contributed by atoms with Crippen LogP contribution < -0.4 is 0 Å². The lowest BCUT2D eigenvalue weighted by molar-refractivity contribution is 0.0386. The Labute approximate surface area is 204 Å². The summed E-state index contributed by atoms with van der Waals surface area (Å²) in [6, 6.07) is 0. The molecule has 182 valence electrons. The Morgan fingerprint density at radius 1 is 0.455 bits per heavy atom. The van der Waals surface area contributed by atoms with Gasteiger partial charge in [0.25, 0.3) is 0 Å². The van der Waals surface area contributed by atoms with Crippen LogP contribution in [-0.4, -0.2) is 4.98 Å². The molecule has 1 heterocycles. The van der Waals surface area contributed by atoms with Crippen molar-refractivity contribution < 1.29 is 0 Å². The molecule has 0 aliphatic heterocycles. The molecule has 1 nitrogen and oxygen atoms in total. The van der Waals surface area contributed by atoms with Crippen LogP contribution in [0.15, 0.2) is 0 Å². The molecule has 2 aromatic rings. The summed E-state index contributed by atoms with van der Waals surface area (Å²) in [5, 5.41) is 0. The molecule has 3 rings (SSSR count). The molecule has 1 aromatic carbocycles. The summed E-state index contributed by atoms with van der Waals surface area (Å²) in [6.07, 6.45) is 0. The van der Waals surface area contributed by atoms with Crippen LogP contribution in [0.1, 0.15) is 123 Å². The van der Waals surface area contributed by atoms with E-state index in [9.17, 15) is 0 Å². The molecule has 1 aliphatic rings. The summed E-state index contributed by atoms with van der Waals surface area (Å²) in [4.78, 5) is 5.36. The van der Waals surface area contributed by atoms with Crippen molar-refractivity contribution in [3.05, 3.63) is 61.5 Å². The molecular weight excluding hydrogens is 398 g/mol. The van der Waals surface area contributed by atoms with Crippen molar-refractivity contribution in [1.29, 1.82) is 0 Å². The molecule has 1 heteroatoms. The van der Waals surface area contributed by atoms with Gasteiger partial charge in [0.1, 0.15) is 0 Å². The van der Waals surface area contributed by atoms with Crippen molar-refractivity contribution >= 4 is 0 Å². The van der Waals surface area contributed by atoms with Gasteiger partial charge in [0.05, 0.1) is 0 Å². The minimum absolute atomic E-state index is 0.0101. The normalized spacial score (nSPS) is 21.0. The molecule has 0 amide bonds. The van der Waals surface area contributed by atoms with E-state index in [2.05, 4.69) is 111 Å². The molecule has 0 fully saturated rings. The minimum Gasteiger partial charge on any atom is -0.257 e. The van der Waals surface area contributed by atoms with E-state index in [1.165, 1.54) is 50.3 Å². The number of pyridine rings is 1. The van der Waals surface area contributed by atoms with E-state index in [1.807, 2.05) is 0 Å². The first-order chi connectivity index (χ1) is 14.8. The molecule has 0 radical (unpaired) electrons. The van der Waals surface area contributed by atoms with Gasteiger partial charge in [0.15, 0.2) is 0 Å². The van der Waals surface area contributed by atoms with Gasteiger partial charge in [-0.3, -0.25) is 4.98 Å². The number of hydrogen-bond acceptors (Lipinski definition) is 1. The topological polar surface area (TPSA) is 12.9 Å². The molecule has 0 saturated heterocycles. The summed E-state index contributed by atoms with van der Waals surface area (Å²) in [5.74, 6) is 0.305. The first kappa shape index (κ1) is 26.0. The van der Waals surface area contributed by atoms with E-state index in [0.29, 0.717) is 5.92 Å². The fraction of sp³-hybridized carbons (Fsp3) is 0.656. The Hall–Kier alpha value is -1.63. The largest absolute Gasteiger partial charge is 0.257 e. The predicted octanol–water partition coefficient (Wildman–Crippen LogP) is 8.95. The summed E-state index contributed by atoms with van der Waals surface area (Å²) >= 11 is 0. The first-order valence-electron chi connectivity index (χ1n) is 12.8. The second-order valence-electron chi connectivity index (χ2n) is 13.3. The molecule has 1 aliphatic carbocycles. The lowest BCUT2D eigenvalue weighted by atomic mass is 9.50. The van der Waals surface area contributed by atoms with Crippen LogP contribution in [0.3, 0.4) is 0 Å². The highest BCUT2D eigenvalue weighted by atomic mass is 14.8. The predicted molar refractivity (Wildman–Crippen MR) is 145 cm³/mol. The molecule has 0 N–H and O–H groups in total. The van der Waals surface area contributed by atoms with Gasteiger partial charge >= 0.3 is 0 Å². The molecule has 0 atom stereocenters. The number of fused-ring (bicyclic) bond motifs is 1. The second kappa shape index (κ2) is 7.43. The first-order valence-corrected chi connectivity index (χ1v) is 12.8. The summed E-state index contributed by atoms with van der Waals surface area (Å²) in [7, 11) is 0. The quantitative estimate of drug-likeness (QED) is 0.397. The van der Waals surface area contributed by atoms with Crippen molar-refractivity contribution in [3.8, 4) is 0 Å². The third kappa shape index (κ3) is 3.13. The van der Waals surface area contributed by atoms with Crippen LogP contribution in [0.2, 0.25) is 0 Å². The van der Waals surface area contributed by atoms with E-state index in [4.69, 9.17) is 4.98 Å². The summed E-state index contributed by atoms with van der Waals surface area (Å²) < 4.78 is 0. The number of nitrogens with zero attached hydrogens (tertiary/aromatic N) is 1. The van der Waals surface area contributed by atoms with Crippen molar-refractivity contribution in [2.24, 2.45) is 10.8 Å². The average Bonchev–Trinajstić information content (AvgIpc) is 2.71. The molecule has 0 bridgehead atoms. The average molecular weight is 448 g/mol. The fourth-order valence-electron chi connectivity index (χ4n) is 7.20. The van der Waals surface area contributed by atoms with Crippen LogP contribution in [0, 0.1) is 66.2 Å². The van der Waals surface area contributed by atoms with Gasteiger partial charge in [-0.1, -0.05) is 55.4 Å². The number of hydrogen-bond donors (Lipinski definition) is 0. The minimum atomic E-state index is -0.0217. The smallest absolute Gasteiger partial charge is 0.0481 e. The van der Waals surface area contributed by atoms with Crippen LogP contribution in [0.4, 0.5) is 0 Å². The third-order valence-corrected chi connectivity index (χ3v) is 11.2. The van der Waals surface area contributed by atoms with E-state index >= 15 is 0 Å². The second-order valence-corrected chi connectivity index (χ2v) is 13.3. The van der Waals surface area contributed by atoms with E-state index in [-0.39, 0.29) is 21.7 Å². The zero-order valence-corrected chi connectivity index (χ0v) is 24.5. The van der Waals surface area contributed by atoms with Gasteiger partial charge in [0.2, 0.25) is 0 Å². The molecule has 1 aromatic heterocycles. The lowest BCUT2D eigenvalue weighted by Gasteiger charge is -2.54. The zero-order valence-electron chi connectivity index (χ0n) is 24.5. The van der Waals surface area contributed by atoms with Crippen LogP contribution in [-0.2, 0) is 10.8 Å². The van der Waals surface area contributed by atoms with E-state index in [1.54, 1.807) is 11.1 Å². The monoisotopic (exact) mass is 447 g/mol. The molecular formula is C32H49N. The lowest BCUT2D eigenvalue weighted by Crippen LogP contribution is -2.49. The van der Waals surface area contributed by atoms with Crippen molar-refractivity contribution in [2.75, 3.05) is 0 Å². The maximum Gasteiger partial charge on any atom is 0.0481 e. The maximum absolute atomic E-state index is 5.36. The Kier molecular flexibility index (Phi) is 5.85. The molecule has 0 unspecified atom stereocenters. The SMILES string of the molecule is Cc1nc(C2C(C)(C)C(C)(C)c3c(C)c(C)c(C)c(C)c3C(C)(C)C2(C)C)c(C)c(C)c1C. The van der Waals surface area contributed by atoms with Crippen molar-refractivity contribution in [3.63, 3.8) is 0 Å². The number of rotatable bonds is 1. The van der Waals surface area contributed by atoms with E-state index in [0.717, 1.165) is 0 Å². The Balaban J connectivity index is 2.59. The van der Waals surface area contributed by atoms with Crippen molar-refractivity contribution in [2.45, 2.75) is 128 Å². The number of aryl methyl sites for hydroxylation is 1. The number of benzene rings is 1. The van der Waals surface area contributed by atoms with E-state index < -0.39 is 0 Å². The van der Waals surface area contributed by atoms with Crippen LogP contribution in [0.5, 0.6) is 0 Å². The third-order valence-electron chi connectivity index (χ3n) is 11.2. The number of aromatic nitrogens is 1. The van der Waals surface area contributed by atoms with Gasteiger partial charge in [-0.15, -0.1) is 0 Å². The van der Waals surface area contributed by atoms with Crippen LogP contribution >= 0.6 is 0 Å². The summed E-state index contributed by atoms with van der Waals surface area (Å²) in [5.41, 5.74) is 15.6. The van der Waals surface area contributed by atoms with Gasteiger partial charge < -0.3 is 0 Å². The van der Waals surface area contributed by atoms with Gasteiger partial charge in [-0.25, -0.2) is 0 Å². The zero-order chi connectivity index (χ0) is 25.6. The highest BCUT2D eigenvalue weighted by molar-refractivity contribution is 5.59. The highest BCUT2D eigenvalue weighted by Crippen LogP contribution is 2.67. The Morgan fingerprint density at radius 3 is 1.15 bits per heavy atom. The Bertz CT molecular complexity index is 1080. The molecule has 33 heavy (non-hydrogen) atoms. The molecule has 0 spiro atoms. The van der Waals surface area contributed by atoms with Crippen LogP contribution in [0.25, 0.3) is 0 Å². The fourth-order valence-corrected chi connectivity index (χ4v) is 7.20. The summed E-state index contributed by atoms with van der Waals surface area (Å²) in [6.45, 7) is 38.4. The van der Waals surface area contributed by atoms with Gasteiger partial charge in [0, 0.05) is 17.3 Å².